The standard InChI is InChI=1S/C17H27N3O/c1-12(2)18-16-11-6-5-10-15(16)17(21)19-20-13(3)8-7-9-14(20)4/h5-6,10-14,18H,7-9H2,1-4H3,(H,19,21). The number of amides is 1. The van der Waals surface area contributed by atoms with Crippen molar-refractivity contribution >= 4 is 11.6 Å². The third-order valence-electron chi connectivity index (χ3n) is 4.04. The van der Waals surface area contributed by atoms with Gasteiger partial charge in [-0.1, -0.05) is 18.6 Å². The number of rotatable bonds is 4. The smallest absolute Gasteiger partial charge is 0.267 e. The number of benzene rings is 1. The molecule has 0 bridgehead atoms. The second kappa shape index (κ2) is 6.94. The van der Waals surface area contributed by atoms with Crippen molar-refractivity contribution in [1.29, 1.82) is 0 Å². The van der Waals surface area contributed by atoms with Gasteiger partial charge in [-0.25, -0.2) is 5.01 Å². The molecule has 1 aliphatic rings. The van der Waals surface area contributed by atoms with Gasteiger partial charge in [0.25, 0.3) is 5.91 Å². The van der Waals surface area contributed by atoms with Crippen LogP contribution in [0.15, 0.2) is 24.3 Å². The van der Waals surface area contributed by atoms with Crippen molar-refractivity contribution in [2.75, 3.05) is 5.32 Å². The van der Waals surface area contributed by atoms with Crippen molar-refractivity contribution in [2.45, 2.75) is 65.1 Å². The summed E-state index contributed by atoms with van der Waals surface area (Å²) >= 11 is 0. The molecule has 1 aromatic rings. The minimum atomic E-state index is -0.0284. The Kier molecular flexibility index (Phi) is 5.23. The fraction of sp³-hybridized carbons (Fsp3) is 0.588. The van der Waals surface area contributed by atoms with E-state index in [9.17, 15) is 4.79 Å². The van der Waals surface area contributed by atoms with Crippen molar-refractivity contribution in [1.82, 2.24) is 10.4 Å². The average Bonchev–Trinajstić information content (AvgIpc) is 2.43. The molecule has 1 saturated heterocycles. The SMILES string of the molecule is CC(C)Nc1ccccc1C(=O)NN1C(C)CCCC1C. The van der Waals surface area contributed by atoms with Gasteiger partial charge in [-0.2, -0.15) is 0 Å². The van der Waals surface area contributed by atoms with Crippen molar-refractivity contribution in [3.05, 3.63) is 29.8 Å². The van der Waals surface area contributed by atoms with Crippen LogP contribution in [0.1, 0.15) is 57.3 Å². The van der Waals surface area contributed by atoms with Crippen LogP contribution in [0, 0.1) is 0 Å². The number of hydrogen-bond donors (Lipinski definition) is 2. The second-order valence-electron chi connectivity index (χ2n) is 6.32. The Bertz CT molecular complexity index is 477. The Morgan fingerprint density at radius 2 is 1.81 bits per heavy atom. The molecular formula is C17H27N3O. The molecule has 4 heteroatoms. The largest absolute Gasteiger partial charge is 0.382 e. The normalized spacial score (nSPS) is 23.1. The fourth-order valence-electron chi connectivity index (χ4n) is 2.94. The summed E-state index contributed by atoms with van der Waals surface area (Å²) in [5.74, 6) is -0.0284. The minimum Gasteiger partial charge on any atom is -0.382 e. The fourth-order valence-corrected chi connectivity index (χ4v) is 2.94. The average molecular weight is 289 g/mol. The molecule has 1 heterocycles. The lowest BCUT2D eigenvalue weighted by Crippen LogP contribution is -2.54. The Labute approximate surface area is 127 Å². The lowest BCUT2D eigenvalue weighted by Gasteiger charge is -2.38. The van der Waals surface area contributed by atoms with E-state index >= 15 is 0 Å². The number of piperidine rings is 1. The van der Waals surface area contributed by atoms with Crippen molar-refractivity contribution in [3.8, 4) is 0 Å². The lowest BCUT2D eigenvalue weighted by molar-refractivity contribution is 0.0370. The van der Waals surface area contributed by atoms with Crippen LogP contribution in [0.5, 0.6) is 0 Å². The maximum absolute atomic E-state index is 12.6. The Morgan fingerprint density at radius 3 is 2.43 bits per heavy atom. The highest BCUT2D eigenvalue weighted by Crippen LogP contribution is 2.22. The van der Waals surface area contributed by atoms with Crippen LogP contribution in [0.4, 0.5) is 5.69 Å². The van der Waals surface area contributed by atoms with Crippen molar-refractivity contribution < 1.29 is 4.79 Å². The molecule has 0 aliphatic carbocycles. The van der Waals surface area contributed by atoms with E-state index in [1.54, 1.807) is 0 Å². The van der Waals surface area contributed by atoms with E-state index in [0.717, 1.165) is 18.5 Å². The van der Waals surface area contributed by atoms with Gasteiger partial charge in [-0.15, -0.1) is 0 Å². The number of nitrogens with one attached hydrogen (secondary N) is 2. The second-order valence-corrected chi connectivity index (χ2v) is 6.32. The van der Waals surface area contributed by atoms with E-state index in [1.165, 1.54) is 6.42 Å². The van der Waals surface area contributed by atoms with E-state index in [4.69, 9.17) is 0 Å². The molecule has 1 fully saturated rings. The molecule has 4 nitrogen and oxygen atoms in total. The predicted octanol–water partition coefficient (Wildman–Crippen LogP) is 3.41. The van der Waals surface area contributed by atoms with Crippen LogP contribution in [-0.2, 0) is 0 Å². The molecule has 1 amide bonds. The topological polar surface area (TPSA) is 44.4 Å². The number of anilines is 1. The van der Waals surface area contributed by atoms with Crippen molar-refractivity contribution in [3.63, 3.8) is 0 Å². The maximum Gasteiger partial charge on any atom is 0.267 e. The molecule has 0 aromatic heterocycles. The Morgan fingerprint density at radius 1 is 1.19 bits per heavy atom. The minimum absolute atomic E-state index is 0.0284. The van der Waals surface area contributed by atoms with E-state index in [0.29, 0.717) is 23.7 Å². The number of para-hydroxylation sites is 1. The van der Waals surface area contributed by atoms with Gasteiger partial charge >= 0.3 is 0 Å². The van der Waals surface area contributed by atoms with Gasteiger partial charge in [0.1, 0.15) is 0 Å². The number of nitrogens with zero attached hydrogens (tertiary/aromatic N) is 1. The first-order valence-corrected chi connectivity index (χ1v) is 7.94. The van der Waals surface area contributed by atoms with Crippen LogP contribution in [-0.4, -0.2) is 29.0 Å². The molecule has 2 N–H and O–H groups in total. The summed E-state index contributed by atoms with van der Waals surface area (Å²) in [6.45, 7) is 8.50. The lowest BCUT2D eigenvalue weighted by atomic mass is 10.00. The zero-order valence-electron chi connectivity index (χ0n) is 13.5. The first-order valence-electron chi connectivity index (χ1n) is 7.94. The molecule has 116 valence electrons. The summed E-state index contributed by atoms with van der Waals surface area (Å²) in [5.41, 5.74) is 4.70. The third kappa shape index (κ3) is 3.97. The molecule has 1 aromatic carbocycles. The molecule has 2 rings (SSSR count). The summed E-state index contributed by atoms with van der Waals surface area (Å²) in [5, 5.41) is 5.44. The van der Waals surface area contributed by atoms with Gasteiger partial charge in [0.15, 0.2) is 0 Å². The first-order chi connectivity index (χ1) is 9.99. The Balaban J connectivity index is 2.13. The zero-order valence-corrected chi connectivity index (χ0v) is 13.5. The molecule has 1 aliphatic heterocycles. The zero-order chi connectivity index (χ0) is 15.4. The molecule has 0 spiro atoms. The van der Waals surface area contributed by atoms with Crippen LogP contribution in [0.2, 0.25) is 0 Å². The quantitative estimate of drug-likeness (QED) is 0.892. The molecule has 0 saturated carbocycles. The highest BCUT2D eigenvalue weighted by atomic mass is 16.2. The van der Waals surface area contributed by atoms with Gasteiger partial charge in [0, 0.05) is 23.8 Å². The monoisotopic (exact) mass is 289 g/mol. The van der Waals surface area contributed by atoms with E-state index in [1.807, 2.05) is 24.3 Å². The van der Waals surface area contributed by atoms with Crippen LogP contribution in [0.3, 0.4) is 0 Å². The van der Waals surface area contributed by atoms with Gasteiger partial charge in [-0.05, 0) is 52.7 Å². The van der Waals surface area contributed by atoms with Crippen LogP contribution in [0.25, 0.3) is 0 Å². The summed E-state index contributed by atoms with van der Waals surface area (Å²) in [4.78, 5) is 12.6. The third-order valence-corrected chi connectivity index (χ3v) is 4.04. The van der Waals surface area contributed by atoms with Gasteiger partial charge in [-0.3, -0.25) is 10.2 Å². The predicted molar refractivity (Wildman–Crippen MR) is 87.3 cm³/mol. The highest BCUT2D eigenvalue weighted by molar-refractivity contribution is 5.99. The first kappa shape index (κ1) is 15.8. The molecular weight excluding hydrogens is 262 g/mol. The number of carbonyl (C=O) groups excluding carboxylic acids is 1. The number of hydrogen-bond acceptors (Lipinski definition) is 3. The molecule has 21 heavy (non-hydrogen) atoms. The summed E-state index contributed by atoms with van der Waals surface area (Å²) in [6, 6.07) is 8.77. The molecule has 2 atom stereocenters. The summed E-state index contributed by atoms with van der Waals surface area (Å²) < 4.78 is 0. The molecule has 0 radical (unpaired) electrons. The Hall–Kier alpha value is -1.55. The summed E-state index contributed by atoms with van der Waals surface area (Å²) in [7, 11) is 0. The van der Waals surface area contributed by atoms with Gasteiger partial charge < -0.3 is 5.32 Å². The van der Waals surface area contributed by atoms with Crippen molar-refractivity contribution in [2.24, 2.45) is 0 Å². The molecule has 2 unspecified atom stereocenters. The summed E-state index contributed by atoms with van der Waals surface area (Å²) in [6.07, 6.45) is 3.51. The number of hydrazine groups is 1. The van der Waals surface area contributed by atoms with Crippen LogP contribution < -0.4 is 10.7 Å². The van der Waals surface area contributed by atoms with Gasteiger partial charge in [0.2, 0.25) is 0 Å². The maximum atomic E-state index is 12.6. The highest BCUT2D eigenvalue weighted by Gasteiger charge is 2.26. The van der Waals surface area contributed by atoms with Gasteiger partial charge in [0.05, 0.1) is 5.56 Å². The van der Waals surface area contributed by atoms with Crippen LogP contribution >= 0.6 is 0 Å². The van der Waals surface area contributed by atoms with E-state index < -0.39 is 0 Å². The number of carbonyl (C=O) groups is 1. The van der Waals surface area contributed by atoms with E-state index in [2.05, 4.69) is 43.4 Å². The van der Waals surface area contributed by atoms with E-state index in [-0.39, 0.29) is 5.91 Å².